The summed E-state index contributed by atoms with van der Waals surface area (Å²) in [6.45, 7) is 3.77. The minimum atomic E-state index is -0.252. The molecule has 0 aliphatic heterocycles. The predicted molar refractivity (Wildman–Crippen MR) is 39.1 cm³/mol. The van der Waals surface area contributed by atoms with Gasteiger partial charge in [-0.3, -0.25) is 0 Å². The third-order valence-corrected chi connectivity index (χ3v) is 1.04. The zero-order valence-corrected chi connectivity index (χ0v) is 6.48. The summed E-state index contributed by atoms with van der Waals surface area (Å²) in [4.78, 5) is 14.7. The molecule has 1 heterocycles. The second-order valence-corrected chi connectivity index (χ2v) is 2.44. The van der Waals surface area contributed by atoms with Crippen molar-refractivity contribution in [1.82, 2.24) is 20.1 Å². The van der Waals surface area contributed by atoms with Crippen LogP contribution in [0.2, 0.25) is 0 Å². The molecule has 0 fully saturated rings. The fraction of sp³-hybridized carbons (Fsp3) is 0.500. The van der Waals surface area contributed by atoms with Gasteiger partial charge in [0.05, 0.1) is 0 Å². The molecule has 1 N–H and O–H groups in total. The number of carbonyl (C=O) groups is 1. The maximum absolute atomic E-state index is 11.1. The minimum absolute atomic E-state index is 0.117. The van der Waals surface area contributed by atoms with E-state index < -0.39 is 0 Å². The molecular formula is C6H10N4O. The number of carbonyl (C=O) groups excluding carboxylic acids is 1. The van der Waals surface area contributed by atoms with Gasteiger partial charge in [-0.05, 0) is 13.8 Å². The molecule has 5 nitrogen and oxygen atoms in total. The fourth-order valence-corrected chi connectivity index (χ4v) is 0.626. The second-order valence-electron chi connectivity index (χ2n) is 2.44. The molecule has 5 heteroatoms. The largest absolute Gasteiger partial charge is 0.343 e. The second kappa shape index (κ2) is 3.14. The fourth-order valence-electron chi connectivity index (χ4n) is 0.626. The zero-order valence-electron chi connectivity index (χ0n) is 6.48. The molecule has 1 aromatic rings. The van der Waals surface area contributed by atoms with Crippen LogP contribution in [-0.4, -0.2) is 26.8 Å². The van der Waals surface area contributed by atoms with Crippen LogP contribution >= 0.6 is 0 Å². The molecule has 1 amide bonds. The van der Waals surface area contributed by atoms with E-state index in [0.717, 1.165) is 4.68 Å². The Balaban J connectivity index is 2.57. The average Bonchev–Trinajstić information content (AvgIpc) is 2.35. The van der Waals surface area contributed by atoms with Crippen molar-refractivity contribution in [2.24, 2.45) is 0 Å². The Morgan fingerprint density at radius 1 is 1.64 bits per heavy atom. The lowest BCUT2D eigenvalue weighted by molar-refractivity contribution is 0.237. The molecule has 0 bridgehead atoms. The van der Waals surface area contributed by atoms with Gasteiger partial charge in [0.1, 0.15) is 12.7 Å². The summed E-state index contributed by atoms with van der Waals surface area (Å²) in [5.74, 6) is 0. The zero-order chi connectivity index (χ0) is 8.27. The Hall–Kier alpha value is -1.39. The first kappa shape index (κ1) is 7.71. The van der Waals surface area contributed by atoms with Crippen molar-refractivity contribution in [3.05, 3.63) is 12.7 Å². The highest BCUT2D eigenvalue weighted by molar-refractivity contribution is 5.75. The van der Waals surface area contributed by atoms with Gasteiger partial charge in [0, 0.05) is 6.04 Å². The number of hydrogen-bond donors (Lipinski definition) is 1. The van der Waals surface area contributed by atoms with Gasteiger partial charge in [-0.1, -0.05) is 0 Å². The molecule has 11 heavy (non-hydrogen) atoms. The van der Waals surface area contributed by atoms with E-state index in [4.69, 9.17) is 0 Å². The van der Waals surface area contributed by atoms with Crippen LogP contribution in [0.4, 0.5) is 4.79 Å². The van der Waals surface area contributed by atoms with Gasteiger partial charge in [-0.2, -0.15) is 9.78 Å². The SMILES string of the molecule is CC(C)NC(=O)n1cncn1. The number of nitrogens with zero attached hydrogens (tertiary/aromatic N) is 3. The van der Waals surface area contributed by atoms with Crippen LogP contribution in [0.15, 0.2) is 12.7 Å². The van der Waals surface area contributed by atoms with E-state index in [9.17, 15) is 4.79 Å². The van der Waals surface area contributed by atoms with E-state index in [1.807, 2.05) is 13.8 Å². The van der Waals surface area contributed by atoms with Gasteiger partial charge >= 0.3 is 6.03 Å². The van der Waals surface area contributed by atoms with Crippen molar-refractivity contribution in [2.45, 2.75) is 19.9 Å². The first-order valence-electron chi connectivity index (χ1n) is 3.35. The molecule has 0 aromatic carbocycles. The summed E-state index contributed by atoms with van der Waals surface area (Å²) in [6, 6.07) is -0.135. The molecule has 1 aromatic heterocycles. The Labute approximate surface area is 64.4 Å². The minimum Gasteiger partial charge on any atom is -0.334 e. The lowest BCUT2D eigenvalue weighted by Crippen LogP contribution is -2.34. The van der Waals surface area contributed by atoms with Crippen LogP contribution in [0.25, 0.3) is 0 Å². The molecule has 0 saturated carbocycles. The Morgan fingerprint density at radius 2 is 2.36 bits per heavy atom. The molecule has 0 unspecified atom stereocenters. The van der Waals surface area contributed by atoms with Gasteiger partial charge in [0.2, 0.25) is 0 Å². The van der Waals surface area contributed by atoms with Crippen LogP contribution < -0.4 is 5.32 Å². The third-order valence-electron chi connectivity index (χ3n) is 1.04. The van der Waals surface area contributed by atoms with Crippen molar-refractivity contribution in [1.29, 1.82) is 0 Å². The van der Waals surface area contributed by atoms with Crippen molar-refractivity contribution in [2.75, 3.05) is 0 Å². The molecule has 0 aliphatic carbocycles. The van der Waals surface area contributed by atoms with Gasteiger partial charge in [-0.25, -0.2) is 9.78 Å². The van der Waals surface area contributed by atoms with E-state index in [-0.39, 0.29) is 12.1 Å². The maximum atomic E-state index is 11.1. The summed E-state index contributed by atoms with van der Waals surface area (Å²) in [5.41, 5.74) is 0. The molecular weight excluding hydrogens is 144 g/mol. The van der Waals surface area contributed by atoms with E-state index in [1.54, 1.807) is 0 Å². The van der Waals surface area contributed by atoms with E-state index in [0.29, 0.717) is 0 Å². The highest BCUT2D eigenvalue weighted by atomic mass is 16.2. The topological polar surface area (TPSA) is 59.8 Å². The summed E-state index contributed by atoms with van der Waals surface area (Å²) >= 11 is 0. The van der Waals surface area contributed by atoms with Crippen LogP contribution in [0, 0.1) is 0 Å². The van der Waals surface area contributed by atoms with Gasteiger partial charge in [0.25, 0.3) is 0 Å². The normalized spacial score (nSPS) is 10.1. The first-order valence-corrected chi connectivity index (χ1v) is 3.35. The third kappa shape index (κ3) is 2.03. The van der Waals surface area contributed by atoms with Crippen LogP contribution in [-0.2, 0) is 0 Å². The van der Waals surface area contributed by atoms with Crippen molar-refractivity contribution in [3.8, 4) is 0 Å². The lowest BCUT2D eigenvalue weighted by atomic mass is 10.4. The van der Waals surface area contributed by atoms with Gasteiger partial charge in [0.15, 0.2) is 0 Å². The Bertz CT molecular complexity index is 229. The summed E-state index contributed by atoms with van der Waals surface area (Å²) in [6.07, 6.45) is 2.68. The van der Waals surface area contributed by atoms with Crippen LogP contribution in [0.3, 0.4) is 0 Å². The lowest BCUT2D eigenvalue weighted by Gasteiger charge is -2.05. The predicted octanol–water partition coefficient (Wildman–Crippen LogP) is 0.244. The van der Waals surface area contributed by atoms with Crippen molar-refractivity contribution >= 4 is 6.03 Å². The molecule has 0 spiro atoms. The average molecular weight is 154 g/mol. The maximum Gasteiger partial charge on any atom is 0.343 e. The smallest absolute Gasteiger partial charge is 0.334 e. The standard InChI is InChI=1S/C6H10N4O/c1-5(2)9-6(11)10-4-7-3-8-10/h3-5H,1-2H3,(H,9,11). The van der Waals surface area contributed by atoms with Crippen LogP contribution in [0.1, 0.15) is 13.8 Å². The molecule has 0 saturated heterocycles. The number of hydrogen-bond acceptors (Lipinski definition) is 3. The number of amides is 1. The van der Waals surface area contributed by atoms with Crippen molar-refractivity contribution in [3.63, 3.8) is 0 Å². The van der Waals surface area contributed by atoms with Gasteiger partial charge in [-0.15, -0.1) is 0 Å². The van der Waals surface area contributed by atoms with Crippen molar-refractivity contribution < 1.29 is 4.79 Å². The molecule has 60 valence electrons. The number of rotatable bonds is 1. The highest BCUT2D eigenvalue weighted by Crippen LogP contribution is 1.82. The van der Waals surface area contributed by atoms with E-state index in [1.165, 1.54) is 12.7 Å². The highest BCUT2D eigenvalue weighted by Gasteiger charge is 2.04. The van der Waals surface area contributed by atoms with Crippen LogP contribution in [0.5, 0.6) is 0 Å². The summed E-state index contributed by atoms with van der Waals surface area (Å²) in [5, 5.41) is 6.33. The van der Waals surface area contributed by atoms with Gasteiger partial charge < -0.3 is 5.32 Å². The molecule has 0 aliphatic rings. The first-order chi connectivity index (χ1) is 5.20. The Kier molecular flexibility index (Phi) is 2.20. The quantitative estimate of drug-likeness (QED) is 0.630. The molecule has 1 rings (SSSR count). The molecule has 0 atom stereocenters. The summed E-state index contributed by atoms with van der Waals surface area (Å²) in [7, 11) is 0. The Morgan fingerprint density at radius 3 is 2.82 bits per heavy atom. The number of nitrogens with one attached hydrogen (secondary N) is 1. The van der Waals surface area contributed by atoms with E-state index in [2.05, 4.69) is 15.4 Å². The summed E-state index contributed by atoms with van der Waals surface area (Å²) < 4.78 is 1.15. The number of aromatic nitrogens is 3. The monoisotopic (exact) mass is 154 g/mol. The molecule has 0 radical (unpaired) electrons. The van der Waals surface area contributed by atoms with E-state index >= 15 is 0 Å².